The van der Waals surface area contributed by atoms with Gasteiger partial charge in [0.2, 0.25) is 5.91 Å². The second kappa shape index (κ2) is 7.22. The highest BCUT2D eigenvalue weighted by Gasteiger charge is 2.12. The zero-order chi connectivity index (χ0) is 16.1. The van der Waals surface area contributed by atoms with Gasteiger partial charge in [0.25, 0.3) is 5.91 Å². The fraction of sp³-hybridized carbons (Fsp3) is 0.0588. The first kappa shape index (κ1) is 16.2. The van der Waals surface area contributed by atoms with Crippen LogP contribution in [-0.4, -0.2) is 11.8 Å². The van der Waals surface area contributed by atoms with E-state index in [-0.39, 0.29) is 11.8 Å². The molecule has 2 N–H and O–H groups in total. The smallest absolute Gasteiger partial charge is 0.256 e. The summed E-state index contributed by atoms with van der Waals surface area (Å²) in [6.07, 6.45) is 1.21. The molecular formula is C17H15IN2O2. The van der Waals surface area contributed by atoms with Crippen LogP contribution < -0.4 is 10.6 Å². The van der Waals surface area contributed by atoms with Crippen LogP contribution in [0.25, 0.3) is 0 Å². The minimum absolute atomic E-state index is 0.180. The molecule has 0 saturated carbocycles. The molecule has 0 fully saturated rings. The second-order valence-corrected chi connectivity index (χ2v) is 5.77. The monoisotopic (exact) mass is 406 g/mol. The lowest BCUT2D eigenvalue weighted by molar-refractivity contribution is -0.111. The third-order valence-electron chi connectivity index (χ3n) is 3.14. The Hall–Kier alpha value is -2.15. The molecule has 2 rings (SSSR count). The molecule has 0 aliphatic carbocycles. The van der Waals surface area contributed by atoms with Crippen molar-refractivity contribution in [1.29, 1.82) is 0 Å². The second-order valence-electron chi connectivity index (χ2n) is 4.61. The number of nitrogens with one attached hydrogen (secondary N) is 2. The van der Waals surface area contributed by atoms with Gasteiger partial charge in [-0.2, -0.15) is 0 Å². The molecule has 22 heavy (non-hydrogen) atoms. The maximum atomic E-state index is 12.4. The van der Waals surface area contributed by atoms with E-state index in [2.05, 4.69) is 39.8 Å². The summed E-state index contributed by atoms with van der Waals surface area (Å²) in [5, 5.41) is 5.59. The largest absolute Gasteiger partial charge is 0.322 e. The Morgan fingerprint density at radius 1 is 1.05 bits per heavy atom. The van der Waals surface area contributed by atoms with Crippen LogP contribution in [0.2, 0.25) is 0 Å². The van der Waals surface area contributed by atoms with Crippen LogP contribution in [0.15, 0.2) is 55.1 Å². The van der Waals surface area contributed by atoms with Gasteiger partial charge in [-0.05, 0) is 65.4 Å². The van der Waals surface area contributed by atoms with Crippen molar-refractivity contribution in [2.45, 2.75) is 6.92 Å². The molecule has 0 bridgehead atoms. The predicted molar refractivity (Wildman–Crippen MR) is 97.1 cm³/mol. The van der Waals surface area contributed by atoms with E-state index < -0.39 is 0 Å². The SMILES string of the molecule is C=CC(=O)Nc1cccc(NC(=O)c2ccccc2I)c1C. The average Bonchev–Trinajstić information content (AvgIpc) is 2.51. The molecule has 0 atom stereocenters. The van der Waals surface area contributed by atoms with Crippen molar-refractivity contribution < 1.29 is 9.59 Å². The zero-order valence-corrected chi connectivity index (χ0v) is 14.2. The van der Waals surface area contributed by atoms with E-state index >= 15 is 0 Å². The Morgan fingerprint density at radius 3 is 2.32 bits per heavy atom. The summed E-state index contributed by atoms with van der Waals surface area (Å²) in [6.45, 7) is 5.26. The number of halogens is 1. The molecule has 2 aromatic rings. The highest BCUT2D eigenvalue weighted by atomic mass is 127. The number of hydrogen-bond donors (Lipinski definition) is 2. The molecule has 0 saturated heterocycles. The number of amides is 2. The Kier molecular flexibility index (Phi) is 5.32. The van der Waals surface area contributed by atoms with E-state index in [0.29, 0.717) is 16.9 Å². The van der Waals surface area contributed by atoms with Crippen molar-refractivity contribution in [3.8, 4) is 0 Å². The van der Waals surface area contributed by atoms with Crippen LogP contribution in [0.1, 0.15) is 15.9 Å². The first-order valence-corrected chi connectivity index (χ1v) is 7.69. The average molecular weight is 406 g/mol. The normalized spacial score (nSPS) is 9.91. The van der Waals surface area contributed by atoms with E-state index in [0.717, 1.165) is 9.13 Å². The molecule has 0 unspecified atom stereocenters. The van der Waals surface area contributed by atoms with Crippen molar-refractivity contribution in [1.82, 2.24) is 0 Å². The number of benzene rings is 2. The van der Waals surface area contributed by atoms with Crippen molar-refractivity contribution in [3.05, 3.63) is 69.8 Å². The maximum absolute atomic E-state index is 12.4. The number of hydrogen-bond acceptors (Lipinski definition) is 2. The predicted octanol–water partition coefficient (Wildman–Crippen LogP) is 3.98. The summed E-state index contributed by atoms with van der Waals surface area (Å²) in [5.74, 6) is -0.468. The van der Waals surface area contributed by atoms with Gasteiger partial charge < -0.3 is 10.6 Å². The summed E-state index contributed by atoms with van der Waals surface area (Å²) in [5.41, 5.74) is 2.71. The van der Waals surface area contributed by atoms with E-state index in [4.69, 9.17) is 0 Å². The lowest BCUT2D eigenvalue weighted by Crippen LogP contribution is -2.15. The van der Waals surface area contributed by atoms with Crippen molar-refractivity contribution in [2.75, 3.05) is 10.6 Å². The fourth-order valence-electron chi connectivity index (χ4n) is 1.93. The molecule has 0 aliphatic rings. The Morgan fingerprint density at radius 2 is 1.68 bits per heavy atom. The van der Waals surface area contributed by atoms with Crippen LogP contribution in [-0.2, 0) is 4.79 Å². The van der Waals surface area contributed by atoms with Crippen molar-refractivity contribution in [2.24, 2.45) is 0 Å². The van der Waals surface area contributed by atoms with Crippen LogP contribution >= 0.6 is 22.6 Å². The standard InChI is InChI=1S/C17H15IN2O2/c1-3-16(21)19-14-9-6-10-15(11(14)2)20-17(22)12-7-4-5-8-13(12)18/h3-10H,1H2,2H3,(H,19,21)(H,20,22). The van der Waals surface area contributed by atoms with Crippen LogP contribution in [0, 0.1) is 10.5 Å². The summed E-state index contributed by atoms with van der Waals surface area (Å²) in [4.78, 5) is 23.8. The molecule has 112 valence electrons. The van der Waals surface area contributed by atoms with Crippen LogP contribution in [0.3, 0.4) is 0 Å². The molecule has 4 nitrogen and oxygen atoms in total. The first-order chi connectivity index (χ1) is 10.5. The van der Waals surface area contributed by atoms with Gasteiger partial charge in [0.1, 0.15) is 0 Å². The van der Waals surface area contributed by atoms with Gasteiger partial charge in [-0.1, -0.05) is 24.8 Å². The lowest BCUT2D eigenvalue weighted by Gasteiger charge is -2.13. The van der Waals surface area contributed by atoms with E-state index in [9.17, 15) is 9.59 Å². The first-order valence-electron chi connectivity index (χ1n) is 6.62. The quantitative estimate of drug-likeness (QED) is 0.596. The number of carbonyl (C=O) groups excluding carboxylic acids is 2. The van der Waals surface area contributed by atoms with Gasteiger partial charge in [0, 0.05) is 14.9 Å². The summed E-state index contributed by atoms with van der Waals surface area (Å²) in [6, 6.07) is 12.7. The molecule has 0 spiro atoms. The molecule has 0 aromatic heterocycles. The maximum Gasteiger partial charge on any atom is 0.256 e. The van der Waals surface area contributed by atoms with Crippen LogP contribution in [0.4, 0.5) is 11.4 Å². The van der Waals surface area contributed by atoms with E-state index in [1.165, 1.54) is 6.08 Å². The molecular weight excluding hydrogens is 391 g/mol. The highest BCUT2D eigenvalue weighted by molar-refractivity contribution is 14.1. The molecule has 5 heteroatoms. The van der Waals surface area contributed by atoms with Crippen molar-refractivity contribution in [3.63, 3.8) is 0 Å². The molecule has 2 aromatic carbocycles. The Labute approximate surface area is 142 Å². The number of rotatable bonds is 4. The Bertz CT molecular complexity index is 741. The van der Waals surface area contributed by atoms with Crippen LogP contribution in [0.5, 0.6) is 0 Å². The molecule has 2 amide bonds. The highest BCUT2D eigenvalue weighted by Crippen LogP contribution is 2.24. The van der Waals surface area contributed by atoms with Gasteiger partial charge in [-0.25, -0.2) is 0 Å². The lowest BCUT2D eigenvalue weighted by atomic mass is 10.1. The van der Waals surface area contributed by atoms with Crippen molar-refractivity contribution >= 4 is 45.8 Å². The third-order valence-corrected chi connectivity index (χ3v) is 4.08. The van der Waals surface area contributed by atoms with E-state index in [1.807, 2.05) is 25.1 Å². The minimum Gasteiger partial charge on any atom is -0.322 e. The number of carbonyl (C=O) groups is 2. The molecule has 0 heterocycles. The topological polar surface area (TPSA) is 58.2 Å². The molecule has 0 radical (unpaired) electrons. The summed E-state index contributed by atoms with van der Waals surface area (Å²) < 4.78 is 0.881. The van der Waals surface area contributed by atoms with E-state index in [1.54, 1.807) is 24.3 Å². The fourth-order valence-corrected chi connectivity index (χ4v) is 2.56. The van der Waals surface area contributed by atoms with Gasteiger partial charge in [0.05, 0.1) is 5.56 Å². The molecule has 0 aliphatic heterocycles. The Balaban J connectivity index is 2.25. The van der Waals surface area contributed by atoms with Gasteiger partial charge in [-0.3, -0.25) is 9.59 Å². The third kappa shape index (κ3) is 3.73. The summed E-state index contributed by atoms with van der Waals surface area (Å²) >= 11 is 2.13. The zero-order valence-electron chi connectivity index (χ0n) is 12.0. The van der Waals surface area contributed by atoms with Gasteiger partial charge in [-0.15, -0.1) is 0 Å². The van der Waals surface area contributed by atoms with Gasteiger partial charge in [0.15, 0.2) is 0 Å². The minimum atomic E-state index is -0.288. The van der Waals surface area contributed by atoms with Gasteiger partial charge >= 0.3 is 0 Å². The number of anilines is 2. The summed E-state index contributed by atoms with van der Waals surface area (Å²) in [7, 11) is 0.